The molecule has 3 aromatic rings. The van der Waals surface area contributed by atoms with Gasteiger partial charge in [-0.15, -0.1) is 0 Å². The van der Waals surface area contributed by atoms with Crippen LogP contribution in [0.2, 0.25) is 0 Å². The lowest BCUT2D eigenvalue weighted by molar-refractivity contribution is -0.120. The second-order valence-electron chi connectivity index (χ2n) is 5.93. The van der Waals surface area contributed by atoms with Crippen LogP contribution in [-0.2, 0) is 9.59 Å². The van der Waals surface area contributed by atoms with Crippen molar-refractivity contribution >= 4 is 34.1 Å². The van der Waals surface area contributed by atoms with Gasteiger partial charge in [0, 0.05) is 18.5 Å². The van der Waals surface area contributed by atoms with Crippen LogP contribution in [0.5, 0.6) is 5.75 Å². The maximum Gasteiger partial charge on any atom is 0.244 e. The molecule has 0 spiro atoms. The highest BCUT2D eigenvalue weighted by molar-refractivity contribution is 6.05. The SMILES string of the molecule is CCOc1ccccc1N(CC(=O)Nc1cccc2cccnc12)C(C)=O. The zero-order chi connectivity index (χ0) is 19.2. The number of hydrogen-bond acceptors (Lipinski definition) is 4. The predicted molar refractivity (Wildman–Crippen MR) is 106 cm³/mol. The molecule has 27 heavy (non-hydrogen) atoms. The summed E-state index contributed by atoms with van der Waals surface area (Å²) in [6, 6.07) is 16.5. The molecule has 0 radical (unpaired) electrons. The summed E-state index contributed by atoms with van der Waals surface area (Å²) in [7, 11) is 0. The largest absolute Gasteiger partial charge is 0.492 e. The third kappa shape index (κ3) is 4.23. The van der Waals surface area contributed by atoms with E-state index in [0.717, 1.165) is 5.39 Å². The van der Waals surface area contributed by atoms with Crippen molar-refractivity contribution in [2.24, 2.45) is 0 Å². The number of pyridine rings is 1. The molecule has 0 bridgehead atoms. The average Bonchev–Trinajstić information content (AvgIpc) is 2.67. The lowest BCUT2D eigenvalue weighted by atomic mass is 10.2. The summed E-state index contributed by atoms with van der Waals surface area (Å²) in [4.78, 5) is 30.6. The standard InChI is InChI=1S/C21H21N3O3/c1-3-27-19-12-5-4-11-18(19)24(15(2)25)14-20(26)23-17-10-6-8-16-9-7-13-22-21(16)17/h4-13H,3,14H2,1-2H3,(H,23,26). The fraction of sp³-hybridized carbons (Fsp3) is 0.190. The van der Waals surface area contributed by atoms with Gasteiger partial charge >= 0.3 is 0 Å². The molecule has 1 N–H and O–H groups in total. The van der Waals surface area contributed by atoms with Gasteiger partial charge < -0.3 is 10.1 Å². The first-order chi connectivity index (χ1) is 13.1. The van der Waals surface area contributed by atoms with Gasteiger partial charge in [-0.3, -0.25) is 19.5 Å². The lowest BCUT2D eigenvalue weighted by Gasteiger charge is -2.23. The Morgan fingerprint density at radius 3 is 2.63 bits per heavy atom. The Labute approximate surface area is 157 Å². The molecule has 1 heterocycles. The van der Waals surface area contributed by atoms with Gasteiger partial charge in [0.1, 0.15) is 12.3 Å². The molecule has 0 saturated heterocycles. The smallest absolute Gasteiger partial charge is 0.244 e. The van der Waals surface area contributed by atoms with Crippen LogP contribution >= 0.6 is 0 Å². The molecule has 0 atom stereocenters. The molecular weight excluding hydrogens is 342 g/mol. The van der Waals surface area contributed by atoms with Crippen molar-refractivity contribution < 1.29 is 14.3 Å². The number of anilines is 2. The molecule has 1 aromatic heterocycles. The maximum absolute atomic E-state index is 12.6. The molecule has 3 rings (SSSR count). The summed E-state index contributed by atoms with van der Waals surface area (Å²) in [5, 5.41) is 3.79. The Hall–Kier alpha value is -3.41. The van der Waals surface area contributed by atoms with E-state index in [9.17, 15) is 9.59 Å². The minimum absolute atomic E-state index is 0.122. The van der Waals surface area contributed by atoms with E-state index >= 15 is 0 Å². The van der Waals surface area contributed by atoms with E-state index in [1.165, 1.54) is 11.8 Å². The number of aromatic nitrogens is 1. The van der Waals surface area contributed by atoms with Crippen molar-refractivity contribution in [2.75, 3.05) is 23.4 Å². The van der Waals surface area contributed by atoms with Gasteiger partial charge in [-0.2, -0.15) is 0 Å². The molecule has 0 fully saturated rings. The third-order valence-corrected chi connectivity index (χ3v) is 4.04. The van der Waals surface area contributed by atoms with Crippen LogP contribution in [0, 0.1) is 0 Å². The molecule has 0 saturated carbocycles. The van der Waals surface area contributed by atoms with E-state index in [4.69, 9.17) is 4.74 Å². The zero-order valence-electron chi connectivity index (χ0n) is 15.3. The van der Waals surface area contributed by atoms with Crippen molar-refractivity contribution in [3.8, 4) is 5.75 Å². The maximum atomic E-state index is 12.6. The molecule has 138 valence electrons. The highest BCUT2D eigenvalue weighted by Crippen LogP contribution is 2.28. The topological polar surface area (TPSA) is 71.5 Å². The quantitative estimate of drug-likeness (QED) is 0.726. The van der Waals surface area contributed by atoms with Crippen molar-refractivity contribution in [3.63, 3.8) is 0 Å². The summed E-state index contributed by atoms with van der Waals surface area (Å²) in [6.45, 7) is 3.64. The highest BCUT2D eigenvalue weighted by Gasteiger charge is 2.20. The number of carbonyl (C=O) groups excluding carboxylic acids is 2. The number of fused-ring (bicyclic) bond motifs is 1. The predicted octanol–water partition coefficient (Wildman–Crippen LogP) is 3.63. The molecule has 0 aliphatic heterocycles. The van der Waals surface area contributed by atoms with Gasteiger partial charge in [0.25, 0.3) is 0 Å². The Kier molecular flexibility index (Phi) is 5.66. The zero-order valence-corrected chi connectivity index (χ0v) is 15.3. The minimum atomic E-state index is -0.311. The van der Waals surface area contributed by atoms with Gasteiger partial charge in [0.2, 0.25) is 11.8 Å². The number of nitrogens with one attached hydrogen (secondary N) is 1. The molecule has 0 aliphatic carbocycles. The second-order valence-corrected chi connectivity index (χ2v) is 5.93. The van der Waals surface area contributed by atoms with Gasteiger partial charge in [-0.25, -0.2) is 0 Å². The number of carbonyl (C=O) groups is 2. The third-order valence-electron chi connectivity index (χ3n) is 4.04. The van der Waals surface area contributed by atoms with Gasteiger partial charge in [-0.1, -0.05) is 30.3 Å². The first-order valence-electron chi connectivity index (χ1n) is 8.73. The van der Waals surface area contributed by atoms with E-state index in [2.05, 4.69) is 10.3 Å². The summed E-state index contributed by atoms with van der Waals surface area (Å²) in [5.41, 5.74) is 1.88. The minimum Gasteiger partial charge on any atom is -0.492 e. The number of ether oxygens (including phenoxy) is 1. The van der Waals surface area contributed by atoms with Crippen LogP contribution in [0.15, 0.2) is 60.8 Å². The highest BCUT2D eigenvalue weighted by atomic mass is 16.5. The van der Waals surface area contributed by atoms with Crippen LogP contribution < -0.4 is 15.0 Å². The number of nitrogens with zero attached hydrogens (tertiary/aromatic N) is 2. The van der Waals surface area contributed by atoms with E-state index in [-0.39, 0.29) is 18.4 Å². The van der Waals surface area contributed by atoms with Crippen molar-refractivity contribution in [1.82, 2.24) is 4.98 Å². The lowest BCUT2D eigenvalue weighted by Crippen LogP contribution is -2.37. The monoisotopic (exact) mass is 363 g/mol. The average molecular weight is 363 g/mol. The fourth-order valence-electron chi connectivity index (χ4n) is 2.86. The Balaban J connectivity index is 1.83. The number of amides is 2. The number of rotatable bonds is 6. The van der Waals surface area contributed by atoms with E-state index < -0.39 is 0 Å². The number of benzene rings is 2. The summed E-state index contributed by atoms with van der Waals surface area (Å²) >= 11 is 0. The summed E-state index contributed by atoms with van der Waals surface area (Å²) in [6.07, 6.45) is 1.68. The normalized spacial score (nSPS) is 10.4. The van der Waals surface area contributed by atoms with E-state index in [1.807, 2.05) is 37.3 Å². The van der Waals surface area contributed by atoms with E-state index in [0.29, 0.717) is 29.2 Å². The van der Waals surface area contributed by atoms with Crippen molar-refractivity contribution in [2.45, 2.75) is 13.8 Å². The molecule has 2 aromatic carbocycles. The molecule has 0 unspecified atom stereocenters. The van der Waals surface area contributed by atoms with Gasteiger partial charge in [0.15, 0.2) is 0 Å². The number of para-hydroxylation sites is 3. The first kappa shape index (κ1) is 18.4. The van der Waals surface area contributed by atoms with Crippen molar-refractivity contribution in [1.29, 1.82) is 0 Å². The van der Waals surface area contributed by atoms with Gasteiger partial charge in [-0.05, 0) is 31.2 Å². The van der Waals surface area contributed by atoms with Crippen LogP contribution in [0.1, 0.15) is 13.8 Å². The second kappa shape index (κ2) is 8.31. The Morgan fingerprint density at radius 2 is 1.85 bits per heavy atom. The molecule has 6 heteroatoms. The fourth-order valence-corrected chi connectivity index (χ4v) is 2.86. The van der Waals surface area contributed by atoms with Crippen LogP contribution in [0.3, 0.4) is 0 Å². The molecular formula is C21H21N3O3. The first-order valence-corrected chi connectivity index (χ1v) is 8.73. The Morgan fingerprint density at radius 1 is 1.07 bits per heavy atom. The molecule has 6 nitrogen and oxygen atoms in total. The van der Waals surface area contributed by atoms with Gasteiger partial charge in [0.05, 0.1) is 23.5 Å². The Bertz CT molecular complexity index is 966. The van der Waals surface area contributed by atoms with Crippen molar-refractivity contribution in [3.05, 3.63) is 60.8 Å². The molecule has 2 amide bonds. The molecule has 0 aliphatic rings. The van der Waals surface area contributed by atoms with Crippen LogP contribution in [-0.4, -0.2) is 29.9 Å². The summed E-state index contributed by atoms with van der Waals surface area (Å²) in [5.74, 6) is 0.0119. The van der Waals surface area contributed by atoms with Crippen LogP contribution in [0.25, 0.3) is 10.9 Å². The summed E-state index contributed by atoms with van der Waals surface area (Å²) < 4.78 is 5.59. The van der Waals surface area contributed by atoms with E-state index in [1.54, 1.807) is 30.5 Å². The van der Waals surface area contributed by atoms with Crippen LogP contribution in [0.4, 0.5) is 11.4 Å². The number of hydrogen-bond donors (Lipinski definition) is 1.